The second-order valence-electron chi connectivity index (χ2n) is 4.28. The molecule has 0 atom stereocenters. The highest BCUT2D eigenvalue weighted by Gasteiger charge is 2.14. The van der Waals surface area contributed by atoms with E-state index >= 15 is 0 Å². The van der Waals surface area contributed by atoms with Crippen LogP contribution in [0, 0.1) is 6.92 Å². The highest BCUT2D eigenvalue weighted by molar-refractivity contribution is 6.29. The predicted octanol–water partition coefficient (Wildman–Crippen LogP) is 2.71. The number of amides is 1. The molecule has 1 amide bonds. The van der Waals surface area contributed by atoms with E-state index in [2.05, 4.69) is 9.97 Å². The van der Waals surface area contributed by atoms with Crippen molar-refractivity contribution in [3.63, 3.8) is 0 Å². The maximum absolute atomic E-state index is 12.2. The average molecular weight is 276 g/mol. The zero-order valence-corrected chi connectivity index (χ0v) is 11.6. The zero-order chi connectivity index (χ0) is 13.8. The number of hydrogen-bond acceptors (Lipinski definition) is 3. The van der Waals surface area contributed by atoms with Crippen LogP contribution in [0.3, 0.4) is 0 Å². The third-order valence-electron chi connectivity index (χ3n) is 2.63. The minimum atomic E-state index is -0.175. The maximum atomic E-state index is 12.2. The first-order valence-electron chi connectivity index (χ1n) is 5.87. The number of carbonyl (C=O) groups excluding carboxylic acids is 1. The lowest BCUT2D eigenvalue weighted by Crippen LogP contribution is -2.27. The third kappa shape index (κ3) is 3.51. The Balaban J connectivity index is 2.12. The van der Waals surface area contributed by atoms with Crippen LogP contribution in [0.25, 0.3) is 0 Å². The van der Waals surface area contributed by atoms with E-state index in [1.54, 1.807) is 30.1 Å². The number of carbonyl (C=O) groups is 1. The molecule has 0 fully saturated rings. The number of aryl methyl sites for hydroxylation is 1. The zero-order valence-electron chi connectivity index (χ0n) is 10.8. The van der Waals surface area contributed by atoms with Crippen molar-refractivity contribution < 1.29 is 4.79 Å². The molecule has 0 radical (unpaired) electrons. The van der Waals surface area contributed by atoms with Gasteiger partial charge in [-0.3, -0.25) is 9.78 Å². The van der Waals surface area contributed by atoms with Gasteiger partial charge >= 0.3 is 0 Å². The largest absolute Gasteiger partial charge is 0.334 e. The summed E-state index contributed by atoms with van der Waals surface area (Å²) in [5, 5.41) is 0.313. The van der Waals surface area contributed by atoms with Gasteiger partial charge in [0.1, 0.15) is 10.8 Å². The molecule has 98 valence electrons. The Morgan fingerprint density at radius 2 is 1.95 bits per heavy atom. The van der Waals surface area contributed by atoms with Crippen LogP contribution in [-0.2, 0) is 6.54 Å². The molecule has 0 unspecified atom stereocenters. The van der Waals surface area contributed by atoms with Gasteiger partial charge in [-0.1, -0.05) is 23.7 Å². The molecular weight excluding hydrogens is 262 g/mol. The van der Waals surface area contributed by atoms with Gasteiger partial charge in [-0.05, 0) is 31.2 Å². The fourth-order valence-corrected chi connectivity index (χ4v) is 1.89. The van der Waals surface area contributed by atoms with Crippen molar-refractivity contribution in [2.75, 3.05) is 7.05 Å². The first-order valence-corrected chi connectivity index (χ1v) is 6.24. The van der Waals surface area contributed by atoms with Crippen molar-refractivity contribution in [3.05, 3.63) is 58.6 Å². The highest BCUT2D eigenvalue weighted by Crippen LogP contribution is 2.09. The lowest BCUT2D eigenvalue weighted by Gasteiger charge is -2.16. The van der Waals surface area contributed by atoms with Crippen molar-refractivity contribution in [2.45, 2.75) is 13.5 Å². The van der Waals surface area contributed by atoms with Gasteiger partial charge in [-0.2, -0.15) is 0 Å². The molecule has 0 aliphatic rings. The molecule has 4 nitrogen and oxygen atoms in total. The summed E-state index contributed by atoms with van der Waals surface area (Å²) >= 11 is 5.78. The normalized spacial score (nSPS) is 10.3. The number of halogens is 1. The molecule has 2 aromatic rings. The quantitative estimate of drug-likeness (QED) is 0.809. The molecule has 0 saturated heterocycles. The number of hydrogen-bond donors (Lipinski definition) is 0. The Morgan fingerprint density at radius 3 is 2.63 bits per heavy atom. The van der Waals surface area contributed by atoms with Crippen molar-refractivity contribution in [3.8, 4) is 0 Å². The Morgan fingerprint density at radius 1 is 1.21 bits per heavy atom. The van der Waals surface area contributed by atoms with E-state index in [-0.39, 0.29) is 5.91 Å². The summed E-state index contributed by atoms with van der Waals surface area (Å²) in [6.07, 6.45) is 0. The molecule has 0 aromatic carbocycles. The molecule has 19 heavy (non-hydrogen) atoms. The first kappa shape index (κ1) is 13.5. The second kappa shape index (κ2) is 5.80. The molecular formula is C14H14ClN3O. The van der Waals surface area contributed by atoms with Gasteiger partial charge in [0.15, 0.2) is 0 Å². The van der Waals surface area contributed by atoms with Gasteiger partial charge in [0.25, 0.3) is 5.91 Å². The Labute approximate surface area is 117 Å². The standard InChI is InChI=1S/C14H14ClN3O/c1-10-5-3-6-11(16-10)9-18(2)14(19)12-7-4-8-13(15)17-12/h3-8H,9H2,1-2H3. The topological polar surface area (TPSA) is 46.1 Å². The molecule has 2 rings (SSSR count). The monoisotopic (exact) mass is 275 g/mol. The molecule has 5 heteroatoms. The van der Waals surface area contributed by atoms with Gasteiger partial charge in [-0.25, -0.2) is 4.98 Å². The van der Waals surface area contributed by atoms with Gasteiger partial charge in [0, 0.05) is 12.7 Å². The van der Waals surface area contributed by atoms with Gasteiger partial charge < -0.3 is 4.90 Å². The van der Waals surface area contributed by atoms with E-state index in [1.165, 1.54) is 0 Å². The molecule has 0 aliphatic heterocycles. The van der Waals surface area contributed by atoms with Gasteiger partial charge in [-0.15, -0.1) is 0 Å². The first-order chi connectivity index (χ1) is 9.06. The van der Waals surface area contributed by atoms with Crippen LogP contribution < -0.4 is 0 Å². The second-order valence-corrected chi connectivity index (χ2v) is 4.66. The van der Waals surface area contributed by atoms with E-state index in [9.17, 15) is 4.79 Å². The molecule has 2 heterocycles. The number of nitrogens with zero attached hydrogens (tertiary/aromatic N) is 3. The summed E-state index contributed by atoms with van der Waals surface area (Å²) in [5.74, 6) is -0.175. The molecule has 0 aliphatic carbocycles. The van der Waals surface area contributed by atoms with Crippen LogP contribution in [0.4, 0.5) is 0 Å². The Bertz CT molecular complexity index is 601. The summed E-state index contributed by atoms with van der Waals surface area (Å²) in [7, 11) is 1.72. The molecule has 0 N–H and O–H groups in total. The Hall–Kier alpha value is -1.94. The highest BCUT2D eigenvalue weighted by atomic mass is 35.5. The summed E-state index contributed by atoms with van der Waals surface area (Å²) in [6, 6.07) is 10.7. The summed E-state index contributed by atoms with van der Waals surface area (Å²) in [6.45, 7) is 2.36. The number of pyridine rings is 2. The molecule has 0 spiro atoms. The third-order valence-corrected chi connectivity index (χ3v) is 2.84. The van der Waals surface area contributed by atoms with E-state index in [0.717, 1.165) is 11.4 Å². The predicted molar refractivity (Wildman–Crippen MR) is 74.0 cm³/mol. The van der Waals surface area contributed by atoms with Crippen LogP contribution in [-0.4, -0.2) is 27.8 Å². The van der Waals surface area contributed by atoms with E-state index in [1.807, 2.05) is 25.1 Å². The van der Waals surface area contributed by atoms with Gasteiger partial charge in [0.05, 0.1) is 12.2 Å². The maximum Gasteiger partial charge on any atom is 0.272 e. The smallest absolute Gasteiger partial charge is 0.272 e. The van der Waals surface area contributed by atoms with Crippen LogP contribution in [0.5, 0.6) is 0 Å². The molecule has 0 bridgehead atoms. The SMILES string of the molecule is Cc1cccc(CN(C)C(=O)c2cccc(Cl)n2)n1. The van der Waals surface area contributed by atoms with Crippen LogP contribution in [0.2, 0.25) is 5.15 Å². The molecule has 0 saturated carbocycles. The van der Waals surface area contributed by atoms with Crippen LogP contribution >= 0.6 is 11.6 Å². The van der Waals surface area contributed by atoms with Crippen molar-refractivity contribution in [1.29, 1.82) is 0 Å². The van der Waals surface area contributed by atoms with Crippen molar-refractivity contribution in [1.82, 2.24) is 14.9 Å². The lowest BCUT2D eigenvalue weighted by atomic mass is 10.2. The molecule has 2 aromatic heterocycles. The summed E-state index contributed by atoms with van der Waals surface area (Å²) < 4.78 is 0. The average Bonchev–Trinajstić information content (AvgIpc) is 2.38. The van der Waals surface area contributed by atoms with Crippen molar-refractivity contribution >= 4 is 17.5 Å². The van der Waals surface area contributed by atoms with Crippen LogP contribution in [0.15, 0.2) is 36.4 Å². The Kier molecular flexibility index (Phi) is 4.12. The number of aromatic nitrogens is 2. The fourth-order valence-electron chi connectivity index (χ4n) is 1.73. The number of rotatable bonds is 3. The van der Waals surface area contributed by atoms with Crippen molar-refractivity contribution in [2.24, 2.45) is 0 Å². The van der Waals surface area contributed by atoms with E-state index in [0.29, 0.717) is 17.4 Å². The van der Waals surface area contributed by atoms with Gasteiger partial charge in [0.2, 0.25) is 0 Å². The summed E-state index contributed by atoms with van der Waals surface area (Å²) in [4.78, 5) is 22.1. The van der Waals surface area contributed by atoms with Crippen LogP contribution in [0.1, 0.15) is 21.9 Å². The van der Waals surface area contributed by atoms with E-state index in [4.69, 9.17) is 11.6 Å². The minimum absolute atomic E-state index is 0.175. The lowest BCUT2D eigenvalue weighted by molar-refractivity contribution is 0.0777. The van der Waals surface area contributed by atoms with E-state index < -0.39 is 0 Å². The minimum Gasteiger partial charge on any atom is -0.334 e. The fraction of sp³-hybridized carbons (Fsp3) is 0.214. The summed E-state index contributed by atoms with van der Waals surface area (Å²) in [5.41, 5.74) is 2.11.